The first-order valence-corrected chi connectivity index (χ1v) is 7.88. The molecular weight excluding hydrogens is 290 g/mol. The maximum atomic E-state index is 12.3. The SMILES string of the molecule is O=C(Cn1cnc2sccc2c1=O)N1CCC(CO)CC1. The molecule has 0 unspecified atom stereocenters. The van der Waals surface area contributed by atoms with E-state index in [1.165, 1.54) is 22.2 Å². The van der Waals surface area contributed by atoms with Gasteiger partial charge in [0.25, 0.3) is 5.56 Å². The molecule has 0 aromatic carbocycles. The third kappa shape index (κ3) is 2.84. The Bertz CT molecular complexity index is 701. The Morgan fingerprint density at radius 1 is 1.43 bits per heavy atom. The zero-order valence-electron chi connectivity index (χ0n) is 11.6. The summed E-state index contributed by atoms with van der Waals surface area (Å²) in [6.07, 6.45) is 3.08. The normalized spacial score (nSPS) is 16.5. The quantitative estimate of drug-likeness (QED) is 0.905. The number of nitrogens with zero attached hydrogens (tertiary/aromatic N) is 3. The van der Waals surface area contributed by atoms with Gasteiger partial charge in [0.1, 0.15) is 11.4 Å². The Labute approximate surface area is 125 Å². The number of amides is 1. The largest absolute Gasteiger partial charge is 0.396 e. The average Bonchev–Trinajstić information content (AvgIpc) is 2.99. The van der Waals surface area contributed by atoms with E-state index in [2.05, 4.69) is 4.98 Å². The second-order valence-electron chi connectivity index (χ2n) is 5.32. The maximum Gasteiger partial charge on any atom is 0.262 e. The molecule has 0 radical (unpaired) electrons. The third-order valence-corrected chi connectivity index (χ3v) is 4.80. The third-order valence-electron chi connectivity index (χ3n) is 3.98. The Morgan fingerprint density at radius 3 is 2.90 bits per heavy atom. The minimum Gasteiger partial charge on any atom is -0.396 e. The van der Waals surface area contributed by atoms with E-state index < -0.39 is 0 Å². The van der Waals surface area contributed by atoms with Crippen LogP contribution >= 0.6 is 11.3 Å². The van der Waals surface area contributed by atoms with Gasteiger partial charge < -0.3 is 10.0 Å². The zero-order valence-corrected chi connectivity index (χ0v) is 12.4. The Balaban J connectivity index is 1.72. The van der Waals surface area contributed by atoms with Gasteiger partial charge in [-0.05, 0) is 30.2 Å². The van der Waals surface area contributed by atoms with Crippen molar-refractivity contribution in [2.45, 2.75) is 19.4 Å². The average molecular weight is 307 g/mol. The molecule has 21 heavy (non-hydrogen) atoms. The number of aromatic nitrogens is 2. The Morgan fingerprint density at radius 2 is 2.19 bits per heavy atom. The second kappa shape index (κ2) is 5.95. The first-order valence-electron chi connectivity index (χ1n) is 7.00. The minimum absolute atomic E-state index is 0.0292. The van der Waals surface area contributed by atoms with Crippen molar-refractivity contribution in [3.8, 4) is 0 Å². The van der Waals surface area contributed by atoms with Gasteiger partial charge in [0.2, 0.25) is 5.91 Å². The highest BCUT2D eigenvalue weighted by Gasteiger charge is 2.22. The maximum absolute atomic E-state index is 12.3. The predicted octanol–water partition coefficient (Wildman–Crippen LogP) is 0.689. The summed E-state index contributed by atoms with van der Waals surface area (Å²) in [6, 6.07) is 1.74. The van der Waals surface area contributed by atoms with Gasteiger partial charge in [-0.1, -0.05) is 0 Å². The van der Waals surface area contributed by atoms with Crippen LogP contribution in [0.5, 0.6) is 0 Å². The monoisotopic (exact) mass is 307 g/mol. The van der Waals surface area contributed by atoms with E-state index in [4.69, 9.17) is 5.11 Å². The van der Waals surface area contributed by atoms with Gasteiger partial charge in [-0.2, -0.15) is 0 Å². The van der Waals surface area contributed by atoms with Gasteiger partial charge in [-0.15, -0.1) is 11.3 Å². The highest BCUT2D eigenvalue weighted by atomic mass is 32.1. The van der Waals surface area contributed by atoms with Crippen molar-refractivity contribution < 1.29 is 9.90 Å². The summed E-state index contributed by atoms with van der Waals surface area (Å²) in [5, 5.41) is 11.5. The van der Waals surface area contributed by atoms with Crippen LogP contribution in [-0.4, -0.2) is 45.2 Å². The highest BCUT2D eigenvalue weighted by molar-refractivity contribution is 7.16. The Kier molecular flexibility index (Phi) is 4.03. The van der Waals surface area contributed by atoms with Gasteiger partial charge in [-0.3, -0.25) is 14.2 Å². The van der Waals surface area contributed by atoms with Crippen LogP contribution in [0.3, 0.4) is 0 Å². The molecule has 2 aromatic heterocycles. The number of carbonyl (C=O) groups excluding carboxylic acids is 1. The van der Waals surface area contributed by atoms with E-state index in [0.717, 1.165) is 12.8 Å². The summed E-state index contributed by atoms with van der Waals surface area (Å²) in [5.74, 6) is 0.227. The molecule has 1 fully saturated rings. The van der Waals surface area contributed by atoms with E-state index in [-0.39, 0.29) is 24.6 Å². The number of hydrogen-bond donors (Lipinski definition) is 1. The van der Waals surface area contributed by atoms with E-state index in [0.29, 0.717) is 29.2 Å². The van der Waals surface area contributed by atoms with Crippen molar-refractivity contribution in [1.82, 2.24) is 14.5 Å². The number of likely N-dealkylation sites (tertiary alicyclic amines) is 1. The smallest absolute Gasteiger partial charge is 0.262 e. The van der Waals surface area contributed by atoms with Crippen LogP contribution in [0.1, 0.15) is 12.8 Å². The molecule has 3 rings (SSSR count). The van der Waals surface area contributed by atoms with Gasteiger partial charge in [-0.25, -0.2) is 4.98 Å². The lowest BCUT2D eigenvalue weighted by atomic mass is 9.98. The lowest BCUT2D eigenvalue weighted by Crippen LogP contribution is -2.42. The number of carbonyl (C=O) groups is 1. The molecule has 1 aliphatic heterocycles. The summed E-state index contributed by atoms with van der Waals surface area (Å²) in [7, 11) is 0. The molecule has 1 amide bonds. The number of aliphatic hydroxyl groups excluding tert-OH is 1. The van der Waals surface area contributed by atoms with Crippen molar-refractivity contribution in [3.63, 3.8) is 0 Å². The van der Waals surface area contributed by atoms with Gasteiger partial charge >= 0.3 is 0 Å². The van der Waals surface area contributed by atoms with Crippen molar-refractivity contribution in [2.75, 3.05) is 19.7 Å². The summed E-state index contributed by atoms with van der Waals surface area (Å²) in [4.78, 5) is 31.2. The lowest BCUT2D eigenvalue weighted by molar-refractivity contribution is -0.133. The molecule has 7 heteroatoms. The standard InChI is InChI=1S/C14H17N3O3S/c18-8-10-1-4-16(5-2-10)12(19)7-17-9-15-13-11(14(17)20)3-6-21-13/h3,6,9-10,18H,1-2,4-5,7-8H2. The Hall–Kier alpha value is -1.73. The minimum atomic E-state index is -0.167. The molecular formula is C14H17N3O3S. The van der Waals surface area contributed by atoms with Crippen LogP contribution in [0, 0.1) is 5.92 Å². The first kappa shape index (κ1) is 14.2. The second-order valence-corrected chi connectivity index (χ2v) is 6.22. The van der Waals surface area contributed by atoms with Crippen molar-refractivity contribution in [3.05, 3.63) is 28.1 Å². The fourth-order valence-electron chi connectivity index (χ4n) is 2.62. The topological polar surface area (TPSA) is 75.4 Å². The van der Waals surface area contributed by atoms with E-state index in [9.17, 15) is 9.59 Å². The summed E-state index contributed by atoms with van der Waals surface area (Å²) >= 11 is 1.42. The molecule has 112 valence electrons. The van der Waals surface area contributed by atoms with Crippen LogP contribution in [0.15, 0.2) is 22.6 Å². The predicted molar refractivity (Wildman–Crippen MR) is 80.3 cm³/mol. The molecule has 1 saturated heterocycles. The fourth-order valence-corrected chi connectivity index (χ4v) is 3.34. The molecule has 3 heterocycles. The number of fused-ring (bicyclic) bond motifs is 1. The van der Waals surface area contributed by atoms with Crippen molar-refractivity contribution >= 4 is 27.5 Å². The molecule has 6 nitrogen and oxygen atoms in total. The molecule has 0 aliphatic carbocycles. The van der Waals surface area contributed by atoms with E-state index in [1.807, 2.05) is 5.38 Å². The number of rotatable bonds is 3. The first-order chi connectivity index (χ1) is 10.2. The van der Waals surface area contributed by atoms with Crippen LogP contribution in [-0.2, 0) is 11.3 Å². The van der Waals surface area contributed by atoms with Crippen LogP contribution < -0.4 is 5.56 Å². The molecule has 0 saturated carbocycles. The highest BCUT2D eigenvalue weighted by Crippen LogP contribution is 2.17. The molecule has 0 bridgehead atoms. The number of hydrogen-bond acceptors (Lipinski definition) is 5. The number of thiophene rings is 1. The molecule has 0 spiro atoms. The fraction of sp³-hybridized carbons (Fsp3) is 0.500. The van der Waals surface area contributed by atoms with Crippen LogP contribution in [0.2, 0.25) is 0 Å². The summed E-state index contributed by atoms with van der Waals surface area (Å²) in [5.41, 5.74) is -0.167. The zero-order chi connectivity index (χ0) is 14.8. The number of piperidine rings is 1. The van der Waals surface area contributed by atoms with Gasteiger partial charge in [0.05, 0.1) is 11.7 Å². The summed E-state index contributed by atoms with van der Waals surface area (Å²) < 4.78 is 1.37. The number of aliphatic hydroxyl groups is 1. The van der Waals surface area contributed by atoms with Gasteiger partial charge in [0.15, 0.2) is 0 Å². The van der Waals surface area contributed by atoms with Crippen LogP contribution in [0.4, 0.5) is 0 Å². The summed E-state index contributed by atoms with van der Waals surface area (Å²) in [6.45, 7) is 1.50. The molecule has 1 aliphatic rings. The molecule has 1 N–H and O–H groups in total. The van der Waals surface area contributed by atoms with Crippen molar-refractivity contribution in [1.29, 1.82) is 0 Å². The van der Waals surface area contributed by atoms with Crippen LogP contribution in [0.25, 0.3) is 10.2 Å². The molecule has 2 aromatic rings. The van der Waals surface area contributed by atoms with Gasteiger partial charge in [0, 0.05) is 19.7 Å². The lowest BCUT2D eigenvalue weighted by Gasteiger charge is -2.31. The van der Waals surface area contributed by atoms with E-state index in [1.54, 1.807) is 11.0 Å². The van der Waals surface area contributed by atoms with Crippen molar-refractivity contribution in [2.24, 2.45) is 5.92 Å². The molecule has 0 atom stereocenters. The van der Waals surface area contributed by atoms with E-state index >= 15 is 0 Å².